The average Bonchev–Trinajstić information content (AvgIpc) is 1.67. The van der Waals surface area contributed by atoms with E-state index in [9.17, 15) is 58.2 Å². The number of carbonyl (C=O) groups is 12. The summed E-state index contributed by atoms with van der Waals surface area (Å²) < 4.78 is 0. The Morgan fingerprint density at radius 1 is 0.469 bits per heavy atom. The first kappa shape index (κ1) is 70.2. The van der Waals surface area contributed by atoms with Gasteiger partial charge in [-0.15, -0.1) is 0 Å². The van der Waals surface area contributed by atoms with Crippen molar-refractivity contribution in [3.63, 3.8) is 0 Å². The molecule has 0 bridgehead atoms. The molecule has 0 aliphatic carbocycles. The molecule has 5 heterocycles. The second-order valence-electron chi connectivity index (χ2n) is 25.2. The van der Waals surface area contributed by atoms with E-state index < -0.39 is 157 Å². The maximum absolute atomic E-state index is 15.2. The summed E-state index contributed by atoms with van der Waals surface area (Å²) in [6, 6.07) is 15.1. The SMILES string of the molecule is CC(C)C[C@@H]1NC(=O)[C@H](Cc2c[nH]c3cc(Cl)ccc23)NC(=O)[C@H](CCC(=O)O)NC(=O)[C@H](Cc2ccccc2)NC(=O)[C@@H]2CCCN2C(=O)[C@H]2CCCN2C(=O)[C@H](Cc2ccccc2)NC(=O)[C@H](CCC(=O)O)NC(=O)[C@H](Cc2c[nH]c3ccccc23)NC(=O)[C@H](C)NC1=O. The highest BCUT2D eigenvalue weighted by Gasteiger charge is 2.45. The van der Waals surface area contributed by atoms with E-state index in [2.05, 4.69) is 52.5 Å². The number of aromatic amines is 2. The molecule has 6 aromatic rings. The van der Waals surface area contributed by atoms with Crippen LogP contribution in [0.5, 0.6) is 0 Å². The van der Waals surface area contributed by atoms with E-state index >= 15 is 9.59 Å². The minimum atomic E-state index is -1.65. The number of nitrogens with one attached hydrogen (secondary N) is 10. The van der Waals surface area contributed by atoms with Crippen molar-refractivity contribution in [3.05, 3.63) is 143 Å². The Morgan fingerprint density at radius 3 is 1.46 bits per heavy atom. The molecule has 508 valence electrons. The molecule has 0 unspecified atom stereocenters. The number of carboxylic acid groups (broad SMARTS) is 2. The van der Waals surface area contributed by atoms with Gasteiger partial charge in [0.1, 0.15) is 60.4 Å². The fourth-order valence-electron chi connectivity index (χ4n) is 12.7. The number of fused-ring (bicyclic) bond motifs is 4. The Hall–Kier alpha value is -10.1. The molecule has 12 N–H and O–H groups in total. The number of aromatic nitrogens is 2. The Labute approximate surface area is 558 Å². The molecule has 0 radical (unpaired) electrons. The number of hydrogen-bond acceptors (Lipinski definition) is 12. The predicted molar refractivity (Wildman–Crippen MR) is 353 cm³/mol. The summed E-state index contributed by atoms with van der Waals surface area (Å²) in [5, 5.41) is 43.3. The van der Waals surface area contributed by atoms with E-state index in [0.717, 1.165) is 0 Å². The molecule has 3 saturated heterocycles. The van der Waals surface area contributed by atoms with Gasteiger partial charge in [0, 0.05) is 90.8 Å². The van der Waals surface area contributed by atoms with Gasteiger partial charge >= 0.3 is 11.9 Å². The van der Waals surface area contributed by atoms with Gasteiger partial charge in [-0.3, -0.25) is 57.5 Å². The first-order valence-corrected chi connectivity index (χ1v) is 32.7. The van der Waals surface area contributed by atoms with Gasteiger partial charge in [0.05, 0.1) is 0 Å². The Bertz CT molecular complexity index is 3860. The lowest BCUT2D eigenvalue weighted by Gasteiger charge is -2.34. The zero-order valence-corrected chi connectivity index (χ0v) is 54.2. The van der Waals surface area contributed by atoms with Gasteiger partial charge in [-0.2, -0.15) is 0 Å². The lowest BCUT2D eigenvalue weighted by molar-refractivity contribution is -0.148. The number of H-pyrrole nitrogens is 2. The lowest BCUT2D eigenvalue weighted by atomic mass is 9.99. The molecule has 2 aromatic heterocycles. The van der Waals surface area contributed by atoms with Gasteiger partial charge in [0.25, 0.3) is 0 Å². The van der Waals surface area contributed by atoms with Crippen LogP contribution < -0.4 is 42.5 Å². The molecule has 0 spiro atoms. The van der Waals surface area contributed by atoms with Crippen LogP contribution in [0.25, 0.3) is 21.8 Å². The van der Waals surface area contributed by atoms with E-state index in [1.165, 1.54) is 16.7 Å². The predicted octanol–water partition coefficient (Wildman–Crippen LogP) is 3.24. The summed E-state index contributed by atoms with van der Waals surface area (Å²) in [5.74, 6) is -11.4. The van der Waals surface area contributed by atoms with Gasteiger partial charge < -0.3 is 72.5 Å². The van der Waals surface area contributed by atoms with Crippen LogP contribution in [0.1, 0.15) is 101 Å². The maximum Gasteiger partial charge on any atom is 0.303 e. The number of nitrogens with zero attached hydrogens (tertiary/aromatic N) is 2. The van der Waals surface area contributed by atoms with Crippen LogP contribution in [-0.4, -0.2) is 174 Å². The van der Waals surface area contributed by atoms with Crippen molar-refractivity contribution in [3.8, 4) is 0 Å². The van der Waals surface area contributed by atoms with E-state index in [-0.39, 0.29) is 64.0 Å². The summed E-state index contributed by atoms with van der Waals surface area (Å²) in [7, 11) is 0. The van der Waals surface area contributed by atoms with Crippen LogP contribution in [0.15, 0.2) is 116 Å². The highest BCUT2D eigenvalue weighted by molar-refractivity contribution is 6.31. The van der Waals surface area contributed by atoms with E-state index in [1.807, 2.05) is 0 Å². The van der Waals surface area contributed by atoms with Crippen molar-refractivity contribution in [2.45, 2.75) is 165 Å². The van der Waals surface area contributed by atoms with Crippen molar-refractivity contribution >= 4 is 104 Å². The van der Waals surface area contributed by atoms with E-state index in [1.54, 1.807) is 129 Å². The molecule has 10 atom stereocenters. The van der Waals surface area contributed by atoms with Gasteiger partial charge in [0.15, 0.2) is 0 Å². The van der Waals surface area contributed by atoms with Crippen LogP contribution in [0.4, 0.5) is 0 Å². The van der Waals surface area contributed by atoms with Gasteiger partial charge in [-0.25, -0.2) is 0 Å². The Balaban J connectivity index is 1.10. The van der Waals surface area contributed by atoms with E-state index in [0.29, 0.717) is 61.9 Å². The van der Waals surface area contributed by atoms with Gasteiger partial charge in [-0.05, 0) is 98.2 Å². The summed E-state index contributed by atoms with van der Waals surface area (Å²) >= 11 is 6.33. The first-order chi connectivity index (χ1) is 46.0. The molecule has 3 aliphatic rings. The molecular formula is C69H81ClN12O14. The second kappa shape index (κ2) is 32.4. The molecule has 10 amide bonds. The largest absolute Gasteiger partial charge is 0.481 e. The molecular weight excluding hydrogens is 1260 g/mol. The number of aliphatic carboxylic acids is 2. The van der Waals surface area contributed by atoms with Crippen LogP contribution >= 0.6 is 11.6 Å². The van der Waals surface area contributed by atoms with Crippen LogP contribution in [0.2, 0.25) is 5.02 Å². The van der Waals surface area contributed by atoms with Crippen molar-refractivity contribution in [1.29, 1.82) is 0 Å². The summed E-state index contributed by atoms with van der Waals surface area (Å²) in [6.45, 7) is 5.05. The summed E-state index contributed by atoms with van der Waals surface area (Å²) in [6.07, 6.45) is 1.29. The molecule has 9 rings (SSSR count). The number of carbonyl (C=O) groups excluding carboxylic acids is 10. The Kier molecular flexibility index (Phi) is 23.7. The number of carboxylic acids is 2. The topological polar surface area (TPSA) is 380 Å². The van der Waals surface area contributed by atoms with Crippen molar-refractivity contribution in [2.75, 3.05) is 13.1 Å². The normalized spacial score (nSPS) is 24.2. The fraction of sp³-hybridized carbons (Fsp3) is 0.420. The highest BCUT2D eigenvalue weighted by Crippen LogP contribution is 2.28. The monoisotopic (exact) mass is 1340 g/mol. The second-order valence-corrected chi connectivity index (χ2v) is 25.6. The minimum absolute atomic E-state index is 0.0153. The van der Waals surface area contributed by atoms with Crippen LogP contribution in [-0.2, 0) is 83.2 Å². The van der Waals surface area contributed by atoms with Crippen molar-refractivity contribution in [2.24, 2.45) is 5.92 Å². The number of amides is 10. The van der Waals surface area contributed by atoms with Crippen molar-refractivity contribution in [1.82, 2.24) is 62.3 Å². The molecule has 4 aromatic carbocycles. The molecule has 26 nitrogen and oxygen atoms in total. The quantitative estimate of drug-likeness (QED) is 0.0662. The number of hydrogen-bond donors (Lipinski definition) is 12. The third kappa shape index (κ3) is 18.2. The van der Waals surface area contributed by atoms with E-state index in [4.69, 9.17) is 11.6 Å². The van der Waals surface area contributed by atoms with Crippen LogP contribution in [0, 0.1) is 5.92 Å². The maximum atomic E-state index is 15.2. The molecule has 27 heteroatoms. The summed E-state index contributed by atoms with van der Waals surface area (Å²) in [5.41, 5.74) is 3.50. The number of halogens is 1. The molecule has 96 heavy (non-hydrogen) atoms. The zero-order valence-electron chi connectivity index (χ0n) is 53.5. The van der Waals surface area contributed by atoms with Crippen molar-refractivity contribution < 1.29 is 67.7 Å². The van der Waals surface area contributed by atoms with Crippen LogP contribution in [0.3, 0.4) is 0 Å². The lowest BCUT2D eigenvalue weighted by Crippen LogP contribution is -2.61. The smallest absolute Gasteiger partial charge is 0.303 e. The molecule has 3 aliphatic heterocycles. The number of rotatable bonds is 16. The Morgan fingerprint density at radius 2 is 0.896 bits per heavy atom. The fourth-order valence-corrected chi connectivity index (χ4v) is 12.8. The third-order valence-corrected chi connectivity index (χ3v) is 17.9. The zero-order chi connectivity index (χ0) is 68.7. The molecule has 3 fully saturated rings. The average molecular weight is 1340 g/mol. The highest BCUT2D eigenvalue weighted by atomic mass is 35.5. The first-order valence-electron chi connectivity index (χ1n) is 32.4. The van der Waals surface area contributed by atoms with Gasteiger partial charge in [0.2, 0.25) is 59.1 Å². The van der Waals surface area contributed by atoms with Gasteiger partial charge in [-0.1, -0.05) is 110 Å². The molecule has 0 saturated carbocycles. The number of benzene rings is 4. The summed E-state index contributed by atoms with van der Waals surface area (Å²) in [4.78, 5) is 182. The third-order valence-electron chi connectivity index (χ3n) is 17.6. The number of para-hydroxylation sites is 1. The standard InChI is InChI=1S/C69H81ClN12O14/c1-38(2)30-51-63(90)73-39(3)60(87)76-53(33-42-36-71-47-19-11-10-18-45(42)47)65(92)75-49(25-27-59(85)86)62(89)80-55(32-41-16-8-5-9-17-41)68(95)82-29-13-21-57(82)69(96)81-28-12-20-56(81)67(94)79-52(31-40-14-6-4-7-15-40)64(91)74-48(24-26-58(83)84)61(88)78-54(66(93)77-51)34-43-37-72-50-35-44(70)22-23-46(43)50/h4-11,14-19,22-23,35-39,48-49,51-57,71-72H,12-13,20-21,24-34H2,1-3H3,(H,73,90)(H,74,91)(H,75,92)(H,76,87)(H,77,93)(H,78,88)(H,79,94)(H,80,89)(H,83,84)(H,85,86)/t39-,48-,49-,51-,52-,53-,54-,55-,56-,57+/m0/s1. The minimum Gasteiger partial charge on any atom is -0.481 e.